The molecule has 0 aromatic heterocycles. The van der Waals surface area contributed by atoms with E-state index in [0.717, 1.165) is 5.56 Å². The fourth-order valence-corrected chi connectivity index (χ4v) is 4.20. The highest BCUT2D eigenvalue weighted by Gasteiger charge is 2.35. The average molecular weight is 393 g/mol. The van der Waals surface area contributed by atoms with Gasteiger partial charge in [-0.3, -0.25) is 9.11 Å². The van der Waals surface area contributed by atoms with Crippen LogP contribution in [-0.2, 0) is 11.3 Å². The number of hydrogen-bond acceptors (Lipinski definition) is 6. The molecule has 1 atom stereocenters. The molecule has 0 radical (unpaired) electrons. The molecule has 3 rings (SSSR count). The number of carboxylic acid groups (broad SMARTS) is 1. The molecule has 1 aliphatic rings. The standard InChI is InChI=1S/C18H19NO7S/c20-17(21)13-6-7-14-15(10-13)25-9-8-16(14)27(23,24)19-18(22)26-11-12-4-2-1-3-5-12/h1-7,10,16,23-24H,8-9,11H2,(H,19,22)(H,20,21)/t16-/m1/s1. The summed E-state index contributed by atoms with van der Waals surface area (Å²) in [5.41, 5.74) is 1.22. The molecule has 0 bridgehead atoms. The van der Waals surface area contributed by atoms with Crippen LogP contribution in [0.15, 0.2) is 48.5 Å². The summed E-state index contributed by atoms with van der Waals surface area (Å²) in [5.74, 6) is -0.858. The molecular formula is C18H19NO7S. The van der Waals surface area contributed by atoms with Gasteiger partial charge in [-0.2, -0.15) is 0 Å². The summed E-state index contributed by atoms with van der Waals surface area (Å²) in [4.78, 5) is 23.1. The predicted molar refractivity (Wildman–Crippen MR) is 98.9 cm³/mol. The van der Waals surface area contributed by atoms with Gasteiger partial charge >= 0.3 is 12.1 Å². The van der Waals surface area contributed by atoms with Crippen molar-refractivity contribution in [1.82, 2.24) is 4.72 Å². The van der Waals surface area contributed by atoms with Gasteiger partial charge in [0.2, 0.25) is 0 Å². The summed E-state index contributed by atoms with van der Waals surface area (Å²) in [6, 6.07) is 13.1. The lowest BCUT2D eigenvalue weighted by atomic mass is 10.0. The van der Waals surface area contributed by atoms with Crippen molar-refractivity contribution in [2.75, 3.05) is 6.61 Å². The van der Waals surface area contributed by atoms with E-state index in [2.05, 4.69) is 4.72 Å². The first-order chi connectivity index (χ1) is 12.9. The lowest BCUT2D eigenvalue weighted by Crippen LogP contribution is -2.33. The number of rotatable bonds is 5. The van der Waals surface area contributed by atoms with Gasteiger partial charge in [-0.1, -0.05) is 36.4 Å². The van der Waals surface area contributed by atoms with Gasteiger partial charge in [0.25, 0.3) is 0 Å². The SMILES string of the molecule is O=C(NS(O)(O)[C@@H]1CCOc2cc(C(=O)O)ccc21)OCc1ccccc1. The van der Waals surface area contributed by atoms with Gasteiger partial charge in [-0.25, -0.2) is 14.3 Å². The fraction of sp³-hybridized carbons (Fsp3) is 0.222. The van der Waals surface area contributed by atoms with Crippen molar-refractivity contribution >= 4 is 22.8 Å². The zero-order valence-electron chi connectivity index (χ0n) is 14.2. The Morgan fingerprint density at radius 3 is 2.63 bits per heavy atom. The summed E-state index contributed by atoms with van der Waals surface area (Å²) in [5, 5.41) is 8.24. The molecule has 0 saturated carbocycles. The molecule has 0 fully saturated rings. The zero-order valence-corrected chi connectivity index (χ0v) is 15.0. The summed E-state index contributed by atoms with van der Waals surface area (Å²) < 4.78 is 33.6. The van der Waals surface area contributed by atoms with Crippen LogP contribution < -0.4 is 9.46 Å². The van der Waals surface area contributed by atoms with Crippen LogP contribution in [0.1, 0.15) is 33.2 Å². The number of ether oxygens (including phenoxy) is 2. The number of carboxylic acids is 1. The highest BCUT2D eigenvalue weighted by atomic mass is 32.3. The van der Waals surface area contributed by atoms with Gasteiger partial charge in [-0.15, -0.1) is 10.8 Å². The summed E-state index contributed by atoms with van der Waals surface area (Å²) in [7, 11) is -3.59. The number of carbonyl (C=O) groups excluding carboxylic acids is 1. The highest BCUT2D eigenvalue weighted by Crippen LogP contribution is 2.55. The number of fused-ring (bicyclic) bond motifs is 1. The topological polar surface area (TPSA) is 125 Å². The Balaban J connectivity index is 1.70. The van der Waals surface area contributed by atoms with Crippen LogP contribution >= 0.6 is 10.8 Å². The van der Waals surface area contributed by atoms with E-state index in [9.17, 15) is 18.7 Å². The van der Waals surface area contributed by atoms with Crippen molar-refractivity contribution in [3.05, 3.63) is 65.2 Å². The molecule has 1 aliphatic heterocycles. The number of amides is 1. The fourth-order valence-electron chi connectivity index (χ4n) is 2.78. The van der Waals surface area contributed by atoms with Crippen molar-refractivity contribution < 1.29 is 33.3 Å². The molecule has 8 nitrogen and oxygen atoms in total. The number of hydrogen-bond donors (Lipinski definition) is 4. The van der Waals surface area contributed by atoms with Crippen LogP contribution in [0.3, 0.4) is 0 Å². The lowest BCUT2D eigenvalue weighted by Gasteiger charge is -2.42. The van der Waals surface area contributed by atoms with E-state index in [1.54, 1.807) is 24.3 Å². The molecule has 0 aliphatic carbocycles. The van der Waals surface area contributed by atoms with Crippen molar-refractivity contribution in [3.8, 4) is 5.75 Å². The third kappa shape index (κ3) is 4.51. The smallest absolute Gasteiger partial charge is 0.425 e. The number of benzene rings is 2. The molecular weight excluding hydrogens is 374 g/mol. The number of aromatic carboxylic acids is 1. The van der Waals surface area contributed by atoms with E-state index >= 15 is 0 Å². The minimum atomic E-state index is -3.59. The minimum Gasteiger partial charge on any atom is -0.493 e. The molecule has 4 N–H and O–H groups in total. The minimum absolute atomic E-state index is 0.00543. The van der Waals surface area contributed by atoms with E-state index in [1.807, 2.05) is 6.07 Å². The normalized spacial score (nSPS) is 16.6. The van der Waals surface area contributed by atoms with Gasteiger partial charge in [0.05, 0.1) is 12.2 Å². The second kappa shape index (κ2) is 7.87. The molecule has 1 amide bonds. The lowest BCUT2D eigenvalue weighted by molar-refractivity contribution is 0.0696. The predicted octanol–water partition coefficient (Wildman–Crippen LogP) is 3.80. The van der Waals surface area contributed by atoms with Crippen LogP contribution in [-0.4, -0.2) is 32.9 Å². The van der Waals surface area contributed by atoms with Gasteiger partial charge in [0.1, 0.15) is 17.6 Å². The van der Waals surface area contributed by atoms with Gasteiger partial charge in [0, 0.05) is 12.0 Å². The maximum atomic E-state index is 12.0. The molecule has 0 saturated heterocycles. The average Bonchev–Trinajstić information content (AvgIpc) is 2.66. The Labute approximate surface area is 157 Å². The number of carbonyl (C=O) groups is 2. The Hall–Kier alpha value is -2.75. The quantitative estimate of drug-likeness (QED) is 0.609. The van der Waals surface area contributed by atoms with Gasteiger partial charge in [-0.05, 0) is 17.7 Å². The van der Waals surface area contributed by atoms with E-state index in [-0.39, 0.29) is 30.9 Å². The van der Waals surface area contributed by atoms with Crippen molar-refractivity contribution in [2.45, 2.75) is 18.3 Å². The Bertz CT molecular complexity index is 841. The largest absolute Gasteiger partial charge is 0.493 e. The van der Waals surface area contributed by atoms with Crippen LogP contribution in [0.4, 0.5) is 4.79 Å². The summed E-state index contributed by atoms with van der Waals surface area (Å²) in [6.45, 7) is 0.159. The molecule has 27 heavy (non-hydrogen) atoms. The first-order valence-electron chi connectivity index (χ1n) is 8.12. The van der Waals surface area contributed by atoms with E-state index in [4.69, 9.17) is 14.6 Å². The first-order valence-corrected chi connectivity index (χ1v) is 9.73. The second-order valence-corrected chi connectivity index (χ2v) is 7.90. The third-order valence-electron chi connectivity index (χ3n) is 4.09. The van der Waals surface area contributed by atoms with E-state index in [1.165, 1.54) is 18.2 Å². The molecule has 1 heterocycles. The van der Waals surface area contributed by atoms with E-state index in [0.29, 0.717) is 5.56 Å². The third-order valence-corrected chi connectivity index (χ3v) is 5.84. The van der Waals surface area contributed by atoms with Crippen molar-refractivity contribution in [3.63, 3.8) is 0 Å². The number of nitrogens with one attached hydrogen (secondary N) is 1. The first kappa shape index (κ1) is 19.0. The molecule has 2 aromatic carbocycles. The molecule has 144 valence electrons. The van der Waals surface area contributed by atoms with Gasteiger partial charge < -0.3 is 14.6 Å². The van der Waals surface area contributed by atoms with Crippen LogP contribution in [0.25, 0.3) is 0 Å². The monoisotopic (exact) mass is 393 g/mol. The van der Waals surface area contributed by atoms with Crippen LogP contribution in [0.2, 0.25) is 0 Å². The Morgan fingerprint density at radius 2 is 1.93 bits per heavy atom. The summed E-state index contributed by atoms with van der Waals surface area (Å²) in [6.07, 6.45) is -0.699. The second-order valence-electron chi connectivity index (χ2n) is 5.94. The maximum absolute atomic E-state index is 12.0. The molecule has 0 spiro atoms. The van der Waals surface area contributed by atoms with E-state index < -0.39 is 28.1 Å². The highest BCUT2D eigenvalue weighted by molar-refractivity contribution is 8.23. The van der Waals surface area contributed by atoms with Gasteiger partial charge in [0.15, 0.2) is 0 Å². The van der Waals surface area contributed by atoms with Crippen LogP contribution in [0.5, 0.6) is 5.75 Å². The Morgan fingerprint density at radius 1 is 1.19 bits per heavy atom. The van der Waals surface area contributed by atoms with Crippen LogP contribution in [0, 0.1) is 0 Å². The summed E-state index contributed by atoms with van der Waals surface area (Å²) >= 11 is 0. The molecule has 9 heteroatoms. The maximum Gasteiger partial charge on any atom is 0.425 e. The van der Waals surface area contributed by atoms with Crippen molar-refractivity contribution in [2.24, 2.45) is 0 Å². The van der Waals surface area contributed by atoms with Crippen molar-refractivity contribution in [1.29, 1.82) is 0 Å². The molecule has 0 unspecified atom stereocenters. The zero-order chi connectivity index (χ0) is 19.4. The molecule has 2 aromatic rings. The Kier molecular flexibility index (Phi) is 5.54.